The Morgan fingerprint density at radius 2 is 1.73 bits per heavy atom. The van der Waals surface area contributed by atoms with Crippen LogP contribution in [0.4, 0.5) is 0 Å². The number of carbonyl (C=O) groups is 1. The number of hydrogen-bond donors (Lipinski definition) is 1. The van der Waals surface area contributed by atoms with E-state index in [1.54, 1.807) is 0 Å². The van der Waals surface area contributed by atoms with Crippen molar-refractivity contribution in [1.82, 2.24) is 9.88 Å². The fourth-order valence-corrected chi connectivity index (χ4v) is 4.91. The summed E-state index contributed by atoms with van der Waals surface area (Å²) < 4.78 is 2.38. The first-order valence-corrected chi connectivity index (χ1v) is 11.9. The van der Waals surface area contributed by atoms with Gasteiger partial charge in [-0.2, -0.15) is 0 Å². The summed E-state index contributed by atoms with van der Waals surface area (Å²) in [6.07, 6.45) is 3.39. The molecule has 0 spiro atoms. The molecule has 0 saturated heterocycles. The van der Waals surface area contributed by atoms with E-state index < -0.39 is 0 Å². The van der Waals surface area contributed by atoms with Gasteiger partial charge in [0.2, 0.25) is 0 Å². The molecule has 1 aromatic heterocycles. The fraction of sp³-hybridized carbons (Fsp3) is 0.207. The van der Waals surface area contributed by atoms with Gasteiger partial charge < -0.3 is 9.88 Å². The van der Waals surface area contributed by atoms with Gasteiger partial charge >= 0.3 is 0 Å². The number of halogens is 1. The average molecular weight is 455 g/mol. The number of nitrogens with one attached hydrogen (secondary N) is 1. The maximum Gasteiger partial charge on any atom is 0.251 e. The van der Waals surface area contributed by atoms with Gasteiger partial charge in [-0.15, -0.1) is 0 Å². The van der Waals surface area contributed by atoms with Gasteiger partial charge in [0.1, 0.15) is 0 Å². The summed E-state index contributed by atoms with van der Waals surface area (Å²) in [7, 11) is 0. The van der Waals surface area contributed by atoms with E-state index in [4.69, 9.17) is 11.6 Å². The van der Waals surface area contributed by atoms with Crippen LogP contribution in [0.5, 0.6) is 0 Å². The third-order valence-electron chi connectivity index (χ3n) is 6.49. The molecule has 1 N–H and O–H groups in total. The van der Waals surface area contributed by atoms with E-state index in [-0.39, 0.29) is 5.91 Å². The van der Waals surface area contributed by atoms with Crippen LogP contribution in [0, 0.1) is 5.92 Å². The van der Waals surface area contributed by atoms with Crippen molar-refractivity contribution >= 4 is 17.5 Å². The molecule has 1 atom stereocenters. The fourth-order valence-electron chi connectivity index (χ4n) is 4.71. The molecule has 0 saturated carbocycles. The summed E-state index contributed by atoms with van der Waals surface area (Å²) in [6.45, 7) is 2.74. The largest absolute Gasteiger partial charge is 0.348 e. The molecule has 3 nitrogen and oxygen atoms in total. The molecule has 33 heavy (non-hydrogen) atoms. The van der Waals surface area contributed by atoms with Crippen LogP contribution in [0.1, 0.15) is 40.5 Å². The smallest absolute Gasteiger partial charge is 0.251 e. The van der Waals surface area contributed by atoms with Crippen molar-refractivity contribution in [2.75, 3.05) is 0 Å². The molecule has 4 aromatic rings. The van der Waals surface area contributed by atoms with Crippen molar-refractivity contribution in [2.45, 2.75) is 32.7 Å². The van der Waals surface area contributed by atoms with Gasteiger partial charge in [-0.3, -0.25) is 4.79 Å². The standard InChI is InChI=1S/C29H27ClN2O/c1-20-11-16-27-24(17-20)18-28(21-7-3-2-4-8-21)32(27)25-14-12-22(13-15-25)29(33)31-19-23-9-5-6-10-26(23)30/h2-10,12-15,18,20H,11,16-17,19H2,1H3,(H,31,33)/t20-/m0/s1. The summed E-state index contributed by atoms with van der Waals surface area (Å²) in [4.78, 5) is 12.7. The van der Waals surface area contributed by atoms with E-state index in [1.807, 2.05) is 36.4 Å². The van der Waals surface area contributed by atoms with Crippen LogP contribution in [0.15, 0.2) is 84.9 Å². The van der Waals surface area contributed by atoms with Crippen molar-refractivity contribution in [1.29, 1.82) is 0 Å². The summed E-state index contributed by atoms with van der Waals surface area (Å²) in [5, 5.41) is 3.63. The van der Waals surface area contributed by atoms with E-state index in [2.05, 4.69) is 65.3 Å². The Labute approximate surface area is 200 Å². The Bertz CT molecular complexity index is 1270. The Morgan fingerprint density at radius 3 is 2.48 bits per heavy atom. The number of fused-ring (bicyclic) bond motifs is 1. The minimum atomic E-state index is -0.104. The Hall–Kier alpha value is -3.30. The van der Waals surface area contributed by atoms with Crippen molar-refractivity contribution < 1.29 is 4.79 Å². The van der Waals surface area contributed by atoms with Crippen molar-refractivity contribution in [2.24, 2.45) is 5.92 Å². The van der Waals surface area contributed by atoms with E-state index >= 15 is 0 Å². The summed E-state index contributed by atoms with van der Waals surface area (Å²) in [6, 6.07) is 28.4. The highest BCUT2D eigenvalue weighted by Crippen LogP contribution is 2.35. The van der Waals surface area contributed by atoms with Crippen LogP contribution in [0.2, 0.25) is 5.02 Å². The van der Waals surface area contributed by atoms with Gasteiger partial charge in [0.25, 0.3) is 5.91 Å². The molecule has 0 aliphatic heterocycles. The van der Waals surface area contributed by atoms with Crippen LogP contribution in [-0.2, 0) is 19.4 Å². The molecule has 0 bridgehead atoms. The first kappa shape index (κ1) is 21.5. The van der Waals surface area contributed by atoms with Gasteiger partial charge in [-0.1, -0.05) is 67.1 Å². The maximum atomic E-state index is 12.7. The SMILES string of the molecule is C[C@H]1CCc2c(cc(-c3ccccc3)n2-c2ccc(C(=O)NCc3ccccc3Cl)cc2)C1. The molecule has 0 unspecified atom stereocenters. The monoisotopic (exact) mass is 454 g/mol. The molecule has 1 heterocycles. The lowest BCUT2D eigenvalue weighted by Gasteiger charge is -2.21. The maximum absolute atomic E-state index is 12.7. The highest BCUT2D eigenvalue weighted by Gasteiger charge is 2.23. The van der Waals surface area contributed by atoms with E-state index in [1.165, 1.54) is 28.9 Å². The molecular formula is C29H27ClN2O. The molecular weight excluding hydrogens is 428 g/mol. The average Bonchev–Trinajstić information content (AvgIpc) is 3.22. The molecule has 5 rings (SSSR count). The van der Waals surface area contributed by atoms with Crippen LogP contribution in [-0.4, -0.2) is 10.5 Å². The minimum absolute atomic E-state index is 0.104. The van der Waals surface area contributed by atoms with Gasteiger partial charge in [0.15, 0.2) is 0 Å². The number of aromatic nitrogens is 1. The molecule has 3 aromatic carbocycles. The molecule has 1 aliphatic rings. The van der Waals surface area contributed by atoms with Crippen molar-refractivity contribution in [3.8, 4) is 16.9 Å². The Balaban J connectivity index is 1.43. The number of rotatable bonds is 5. The summed E-state index contributed by atoms with van der Waals surface area (Å²) >= 11 is 6.21. The van der Waals surface area contributed by atoms with Crippen LogP contribution in [0.25, 0.3) is 16.9 Å². The minimum Gasteiger partial charge on any atom is -0.348 e. The van der Waals surface area contributed by atoms with Gasteiger partial charge in [0, 0.05) is 28.5 Å². The normalized spacial score (nSPS) is 15.2. The number of hydrogen-bond acceptors (Lipinski definition) is 1. The van der Waals surface area contributed by atoms with Crippen LogP contribution < -0.4 is 5.32 Å². The molecule has 1 amide bonds. The first-order valence-electron chi connectivity index (χ1n) is 11.5. The summed E-state index contributed by atoms with van der Waals surface area (Å²) in [5.74, 6) is 0.606. The second kappa shape index (κ2) is 9.29. The van der Waals surface area contributed by atoms with Crippen LogP contribution >= 0.6 is 11.6 Å². The third kappa shape index (κ3) is 4.46. The van der Waals surface area contributed by atoms with E-state index in [9.17, 15) is 4.79 Å². The highest BCUT2D eigenvalue weighted by molar-refractivity contribution is 6.31. The van der Waals surface area contributed by atoms with Crippen molar-refractivity contribution in [3.63, 3.8) is 0 Å². The Morgan fingerprint density at radius 1 is 1.00 bits per heavy atom. The third-order valence-corrected chi connectivity index (χ3v) is 6.86. The van der Waals surface area contributed by atoms with E-state index in [0.29, 0.717) is 23.0 Å². The lowest BCUT2D eigenvalue weighted by atomic mass is 9.89. The number of benzene rings is 3. The van der Waals surface area contributed by atoms with Gasteiger partial charge in [-0.05, 0) is 78.3 Å². The van der Waals surface area contributed by atoms with Gasteiger partial charge in [-0.25, -0.2) is 0 Å². The molecule has 166 valence electrons. The lowest BCUT2D eigenvalue weighted by Crippen LogP contribution is -2.23. The first-order chi connectivity index (χ1) is 16.1. The van der Waals surface area contributed by atoms with E-state index in [0.717, 1.165) is 24.1 Å². The quantitative estimate of drug-likeness (QED) is 0.351. The lowest BCUT2D eigenvalue weighted by molar-refractivity contribution is 0.0951. The highest BCUT2D eigenvalue weighted by atomic mass is 35.5. The molecule has 0 fully saturated rings. The molecule has 0 radical (unpaired) electrons. The zero-order valence-corrected chi connectivity index (χ0v) is 19.5. The summed E-state index contributed by atoms with van der Waals surface area (Å²) in [5.41, 5.74) is 7.89. The number of amides is 1. The number of carbonyl (C=O) groups excluding carboxylic acids is 1. The van der Waals surface area contributed by atoms with Crippen LogP contribution in [0.3, 0.4) is 0 Å². The predicted octanol–water partition coefficient (Wildman–Crippen LogP) is 6.85. The predicted molar refractivity (Wildman–Crippen MR) is 135 cm³/mol. The number of nitrogens with zero attached hydrogens (tertiary/aromatic N) is 1. The Kier molecular flexibility index (Phi) is 6.06. The van der Waals surface area contributed by atoms with Gasteiger partial charge in [0.05, 0.1) is 5.69 Å². The topological polar surface area (TPSA) is 34.0 Å². The zero-order valence-electron chi connectivity index (χ0n) is 18.7. The molecule has 1 aliphatic carbocycles. The second-order valence-electron chi connectivity index (χ2n) is 8.87. The molecule has 4 heteroatoms. The zero-order chi connectivity index (χ0) is 22.8. The van der Waals surface area contributed by atoms with Crippen molar-refractivity contribution in [3.05, 3.63) is 112 Å². The second-order valence-corrected chi connectivity index (χ2v) is 9.28.